The molecule has 0 amide bonds. The van der Waals surface area contributed by atoms with Crippen LogP contribution in [0, 0.1) is 12.7 Å². The Morgan fingerprint density at radius 2 is 1.83 bits per heavy atom. The van der Waals surface area contributed by atoms with Gasteiger partial charge in [0.05, 0.1) is 37.5 Å². The Bertz CT molecular complexity index is 1090. The number of anilines is 1. The summed E-state index contributed by atoms with van der Waals surface area (Å²) in [6, 6.07) is 7.04. The molecule has 1 spiro atoms. The molecule has 1 N–H and O–H groups in total. The Kier molecular flexibility index (Phi) is 7.76. The number of fused-ring (bicyclic) bond motifs is 2. The number of likely N-dealkylation sites (tertiary alicyclic amines) is 1. The molecule has 1 aromatic carbocycles. The highest BCUT2D eigenvalue weighted by Crippen LogP contribution is 2.41. The van der Waals surface area contributed by atoms with Crippen LogP contribution in [0.3, 0.4) is 0 Å². The molecule has 1 aromatic heterocycles. The summed E-state index contributed by atoms with van der Waals surface area (Å²) in [6.45, 7) is 8.70. The van der Waals surface area contributed by atoms with Gasteiger partial charge in [-0.3, -0.25) is 4.90 Å². The summed E-state index contributed by atoms with van der Waals surface area (Å²) in [7, 11) is 0. The van der Waals surface area contributed by atoms with Crippen molar-refractivity contribution >= 4 is 11.9 Å². The number of alkyl halides is 3. The zero-order valence-corrected chi connectivity index (χ0v) is 19.9. The topological polar surface area (TPSA) is 88.0 Å². The van der Waals surface area contributed by atoms with Gasteiger partial charge in [0.25, 0.3) is 0 Å². The van der Waals surface area contributed by atoms with Crippen LogP contribution in [0.5, 0.6) is 0 Å². The summed E-state index contributed by atoms with van der Waals surface area (Å²) in [5.41, 5.74) is 3.86. The third-order valence-electron chi connectivity index (χ3n) is 6.65. The van der Waals surface area contributed by atoms with Crippen LogP contribution < -0.4 is 4.90 Å². The molecule has 8 nitrogen and oxygen atoms in total. The quantitative estimate of drug-likeness (QED) is 0.628. The molecule has 12 heteroatoms. The van der Waals surface area contributed by atoms with Crippen LogP contribution in [0.4, 0.5) is 23.5 Å². The maximum absolute atomic E-state index is 14.1. The van der Waals surface area contributed by atoms with Gasteiger partial charge in [0.1, 0.15) is 5.82 Å². The number of hydrogen-bond acceptors (Lipinski definition) is 7. The van der Waals surface area contributed by atoms with Crippen LogP contribution in [0.1, 0.15) is 28.9 Å². The number of aromatic nitrogens is 2. The molecule has 2 aromatic rings. The maximum Gasteiger partial charge on any atom is 0.490 e. The summed E-state index contributed by atoms with van der Waals surface area (Å²) >= 11 is 0. The first-order valence-electron chi connectivity index (χ1n) is 11.6. The molecule has 1 unspecified atom stereocenters. The lowest BCUT2D eigenvalue weighted by Gasteiger charge is -2.36. The number of aryl methyl sites for hydroxylation is 1. The zero-order valence-electron chi connectivity index (χ0n) is 19.9. The number of benzene rings is 1. The molecular formula is C24H28F4N4O4. The monoisotopic (exact) mass is 512 g/mol. The molecule has 2 saturated heterocycles. The van der Waals surface area contributed by atoms with Gasteiger partial charge in [-0.25, -0.2) is 19.2 Å². The van der Waals surface area contributed by atoms with E-state index in [4.69, 9.17) is 29.3 Å². The van der Waals surface area contributed by atoms with E-state index in [0.29, 0.717) is 33.0 Å². The van der Waals surface area contributed by atoms with Crippen LogP contribution in [0.25, 0.3) is 0 Å². The number of carboxylic acid groups (broad SMARTS) is 1. The summed E-state index contributed by atoms with van der Waals surface area (Å²) in [5.74, 6) is -2.09. The van der Waals surface area contributed by atoms with E-state index in [0.717, 1.165) is 61.1 Å². The average Bonchev–Trinajstić information content (AvgIpc) is 3.24. The fourth-order valence-electron chi connectivity index (χ4n) is 4.79. The first-order valence-corrected chi connectivity index (χ1v) is 11.6. The third kappa shape index (κ3) is 5.76. The van der Waals surface area contributed by atoms with E-state index in [1.54, 1.807) is 6.07 Å². The lowest BCUT2D eigenvalue weighted by Crippen LogP contribution is -2.42. The first-order chi connectivity index (χ1) is 17.1. The number of carboxylic acids is 1. The molecule has 0 radical (unpaired) electrons. The highest BCUT2D eigenvalue weighted by Gasteiger charge is 2.45. The maximum atomic E-state index is 14.1. The number of halogens is 4. The first kappa shape index (κ1) is 26.2. The van der Waals surface area contributed by atoms with Gasteiger partial charge in [-0.1, -0.05) is 18.2 Å². The zero-order chi connectivity index (χ0) is 25.9. The number of hydrogen-bond donors (Lipinski definition) is 1. The standard InChI is InChI=1S/C22H27FN4O2.C2HF3O2/c1-16-18-13-29-15-22(20(18)25-21(24-16)27-8-10-28-11-9-27)6-7-26(14-22)12-17-4-2-3-5-19(17)23;3-2(4,5)1(6)7/h2-5H,6-15H2,1H3;(H,6,7). The van der Waals surface area contributed by atoms with Crippen LogP contribution >= 0.6 is 0 Å². The lowest BCUT2D eigenvalue weighted by molar-refractivity contribution is -0.192. The minimum absolute atomic E-state index is 0.137. The van der Waals surface area contributed by atoms with E-state index >= 15 is 0 Å². The normalized spacial score (nSPS) is 22.2. The number of carbonyl (C=O) groups is 1. The Hall–Kier alpha value is -2.83. The van der Waals surface area contributed by atoms with Gasteiger partial charge in [-0.15, -0.1) is 0 Å². The number of morpholine rings is 1. The van der Waals surface area contributed by atoms with Gasteiger partial charge in [0, 0.05) is 43.0 Å². The predicted molar refractivity (Wildman–Crippen MR) is 121 cm³/mol. The van der Waals surface area contributed by atoms with E-state index < -0.39 is 12.1 Å². The molecule has 3 aliphatic rings. The van der Waals surface area contributed by atoms with E-state index in [1.807, 2.05) is 12.1 Å². The van der Waals surface area contributed by atoms with Crippen LogP contribution in [0.15, 0.2) is 24.3 Å². The average molecular weight is 513 g/mol. The van der Waals surface area contributed by atoms with Crippen molar-refractivity contribution in [2.45, 2.75) is 38.1 Å². The van der Waals surface area contributed by atoms with Crippen LogP contribution in [-0.4, -0.2) is 78.1 Å². The van der Waals surface area contributed by atoms with Crippen LogP contribution in [0.2, 0.25) is 0 Å². The van der Waals surface area contributed by atoms with E-state index in [2.05, 4.69) is 16.7 Å². The minimum atomic E-state index is -5.08. The second-order valence-corrected chi connectivity index (χ2v) is 9.16. The SMILES string of the molecule is Cc1nc(N2CCOCC2)nc2c1COCC21CCN(Cc2ccccc2F)C1.O=C(O)C(F)(F)F. The second kappa shape index (κ2) is 10.7. The van der Waals surface area contributed by atoms with Crippen molar-refractivity contribution in [1.29, 1.82) is 0 Å². The molecule has 2 fully saturated rings. The van der Waals surface area contributed by atoms with Crippen molar-refractivity contribution in [3.63, 3.8) is 0 Å². The molecular weight excluding hydrogens is 484 g/mol. The van der Waals surface area contributed by atoms with E-state index in [1.165, 1.54) is 6.07 Å². The highest BCUT2D eigenvalue weighted by atomic mass is 19.4. The minimum Gasteiger partial charge on any atom is -0.475 e. The number of nitrogens with zero attached hydrogens (tertiary/aromatic N) is 4. The number of aliphatic carboxylic acids is 1. The van der Waals surface area contributed by atoms with Gasteiger partial charge in [0.15, 0.2) is 0 Å². The van der Waals surface area contributed by atoms with Crippen molar-refractivity contribution in [3.8, 4) is 0 Å². The van der Waals surface area contributed by atoms with Gasteiger partial charge in [0.2, 0.25) is 5.95 Å². The van der Waals surface area contributed by atoms with Gasteiger partial charge >= 0.3 is 12.1 Å². The van der Waals surface area contributed by atoms with E-state index in [-0.39, 0.29) is 11.2 Å². The van der Waals surface area contributed by atoms with Crippen molar-refractivity contribution in [3.05, 3.63) is 52.6 Å². The van der Waals surface area contributed by atoms with Crippen molar-refractivity contribution in [2.75, 3.05) is 50.9 Å². The smallest absolute Gasteiger partial charge is 0.475 e. The Morgan fingerprint density at radius 3 is 2.50 bits per heavy atom. The molecule has 1 atom stereocenters. The van der Waals surface area contributed by atoms with Crippen molar-refractivity contribution in [1.82, 2.24) is 14.9 Å². The van der Waals surface area contributed by atoms with Crippen molar-refractivity contribution < 1.29 is 36.9 Å². The van der Waals surface area contributed by atoms with Gasteiger partial charge in [-0.2, -0.15) is 13.2 Å². The summed E-state index contributed by atoms with van der Waals surface area (Å²) in [4.78, 5) is 23.3. The lowest BCUT2D eigenvalue weighted by atomic mass is 9.80. The fraction of sp³-hybridized carbons (Fsp3) is 0.542. The fourth-order valence-corrected chi connectivity index (χ4v) is 4.79. The third-order valence-corrected chi connectivity index (χ3v) is 6.65. The molecule has 36 heavy (non-hydrogen) atoms. The number of ether oxygens (including phenoxy) is 2. The molecule has 3 aliphatic heterocycles. The van der Waals surface area contributed by atoms with Crippen LogP contribution in [-0.2, 0) is 32.8 Å². The van der Waals surface area contributed by atoms with Crippen molar-refractivity contribution in [2.24, 2.45) is 0 Å². The van der Waals surface area contributed by atoms with Gasteiger partial charge < -0.3 is 19.5 Å². The molecule has 5 rings (SSSR count). The molecule has 0 saturated carbocycles. The molecule has 196 valence electrons. The molecule has 4 heterocycles. The molecule has 0 bridgehead atoms. The largest absolute Gasteiger partial charge is 0.490 e. The van der Waals surface area contributed by atoms with Gasteiger partial charge in [-0.05, 0) is 26.0 Å². The second-order valence-electron chi connectivity index (χ2n) is 9.16. The Morgan fingerprint density at radius 1 is 1.14 bits per heavy atom. The molecule has 0 aliphatic carbocycles. The Labute approximate surface area is 205 Å². The Balaban J connectivity index is 0.000000384. The number of rotatable bonds is 3. The van der Waals surface area contributed by atoms with E-state index in [9.17, 15) is 17.6 Å². The predicted octanol–water partition coefficient (Wildman–Crippen LogP) is 3.07. The summed E-state index contributed by atoms with van der Waals surface area (Å²) < 4.78 is 57.4. The highest BCUT2D eigenvalue weighted by molar-refractivity contribution is 5.73. The summed E-state index contributed by atoms with van der Waals surface area (Å²) in [5, 5.41) is 7.12. The summed E-state index contributed by atoms with van der Waals surface area (Å²) in [6.07, 6.45) is -4.12.